The average Bonchev–Trinajstić information content (AvgIpc) is 3.55. The van der Waals surface area contributed by atoms with Gasteiger partial charge < -0.3 is 19.8 Å². The van der Waals surface area contributed by atoms with Crippen LogP contribution in [0.25, 0.3) is 5.69 Å². The molecule has 2 aliphatic rings. The summed E-state index contributed by atoms with van der Waals surface area (Å²) < 4.78 is 1.76. The molecule has 0 saturated carbocycles. The van der Waals surface area contributed by atoms with E-state index in [1.807, 2.05) is 47.1 Å². The minimum Gasteiger partial charge on any atom is -0.394 e. The summed E-state index contributed by atoms with van der Waals surface area (Å²) in [6, 6.07) is 26.3. The number of piperazine rings is 1. The van der Waals surface area contributed by atoms with Gasteiger partial charge >= 0.3 is 0 Å². The first kappa shape index (κ1) is 35.4. The summed E-state index contributed by atoms with van der Waals surface area (Å²) >= 11 is 0. The smallest absolute Gasteiger partial charge is 0.274 e. The molecule has 0 aliphatic carbocycles. The molecule has 1 aromatic heterocycles. The number of aromatic nitrogens is 2. The Hall–Kier alpha value is -4.47. The fourth-order valence-corrected chi connectivity index (χ4v) is 7.22. The highest BCUT2D eigenvalue weighted by atomic mass is 16.3. The van der Waals surface area contributed by atoms with E-state index in [0.717, 1.165) is 75.4 Å². The molecule has 264 valence electrons. The van der Waals surface area contributed by atoms with Crippen LogP contribution in [0, 0.1) is 6.92 Å². The molecule has 0 radical (unpaired) electrons. The highest BCUT2D eigenvalue weighted by Gasteiger charge is 2.32. The van der Waals surface area contributed by atoms with Gasteiger partial charge in [0.1, 0.15) is 0 Å². The van der Waals surface area contributed by atoms with Gasteiger partial charge in [0.25, 0.3) is 11.8 Å². The highest BCUT2D eigenvalue weighted by molar-refractivity contribution is 5.99. The third-order valence-corrected chi connectivity index (χ3v) is 10.2. The molecule has 4 aromatic rings. The van der Waals surface area contributed by atoms with Crippen LogP contribution in [-0.4, -0.2) is 93.3 Å². The second-order valence-electron chi connectivity index (χ2n) is 13.8. The van der Waals surface area contributed by atoms with Crippen LogP contribution in [-0.2, 0) is 19.5 Å². The number of aliphatic hydroxyl groups excluding tert-OH is 1. The van der Waals surface area contributed by atoms with E-state index >= 15 is 0 Å². The van der Waals surface area contributed by atoms with Gasteiger partial charge in [-0.3, -0.25) is 14.5 Å². The van der Waals surface area contributed by atoms with Crippen molar-refractivity contribution >= 4 is 17.5 Å². The lowest BCUT2D eigenvalue weighted by atomic mass is 9.93. The summed E-state index contributed by atoms with van der Waals surface area (Å²) in [6.07, 6.45) is 4.52. The molecule has 1 saturated heterocycles. The number of hydrogen-bond donors (Lipinski definition) is 1. The maximum absolute atomic E-state index is 14.7. The van der Waals surface area contributed by atoms with E-state index in [1.165, 1.54) is 11.1 Å². The fourth-order valence-electron chi connectivity index (χ4n) is 7.22. The Balaban J connectivity index is 1.32. The van der Waals surface area contributed by atoms with E-state index in [2.05, 4.69) is 72.2 Å². The maximum atomic E-state index is 14.7. The number of nitrogens with zero attached hydrogens (tertiary/aromatic N) is 6. The van der Waals surface area contributed by atoms with Crippen LogP contribution in [0.3, 0.4) is 0 Å². The molecule has 2 aliphatic heterocycles. The van der Waals surface area contributed by atoms with Crippen molar-refractivity contribution in [1.29, 1.82) is 0 Å². The van der Waals surface area contributed by atoms with Crippen LogP contribution >= 0.6 is 0 Å². The number of anilines is 1. The van der Waals surface area contributed by atoms with Gasteiger partial charge in [0.2, 0.25) is 0 Å². The normalized spacial score (nSPS) is 16.4. The number of carbonyl (C=O) groups is 2. The first-order valence-corrected chi connectivity index (χ1v) is 18.4. The van der Waals surface area contributed by atoms with Crippen LogP contribution < -0.4 is 4.90 Å². The van der Waals surface area contributed by atoms with Gasteiger partial charge in [0.15, 0.2) is 5.69 Å². The zero-order chi connectivity index (χ0) is 35.0. The Morgan fingerprint density at radius 3 is 2.22 bits per heavy atom. The predicted octanol–water partition coefficient (Wildman–Crippen LogP) is 6.10. The summed E-state index contributed by atoms with van der Waals surface area (Å²) in [5.41, 5.74) is 6.91. The minimum atomic E-state index is -0.336. The van der Waals surface area contributed by atoms with Crippen molar-refractivity contribution in [2.24, 2.45) is 0 Å². The number of benzene rings is 3. The Morgan fingerprint density at radius 1 is 0.860 bits per heavy atom. The monoisotopic (exact) mass is 676 g/mol. The van der Waals surface area contributed by atoms with E-state index in [9.17, 15) is 14.7 Å². The van der Waals surface area contributed by atoms with E-state index in [1.54, 1.807) is 4.68 Å². The molecular formula is C41H52N6O3. The zero-order valence-corrected chi connectivity index (χ0v) is 29.9. The summed E-state index contributed by atoms with van der Waals surface area (Å²) in [6.45, 7) is 12.4. The molecule has 50 heavy (non-hydrogen) atoms. The second kappa shape index (κ2) is 16.5. The lowest BCUT2D eigenvalue weighted by molar-refractivity contribution is 0.0544. The predicted molar refractivity (Wildman–Crippen MR) is 199 cm³/mol. The quantitative estimate of drug-likeness (QED) is 0.184. The molecule has 1 fully saturated rings. The van der Waals surface area contributed by atoms with Gasteiger partial charge in [0, 0.05) is 63.7 Å². The number of aliphatic hydroxyl groups is 1. The highest BCUT2D eigenvalue weighted by Crippen LogP contribution is 2.30. The summed E-state index contributed by atoms with van der Waals surface area (Å²) in [5, 5.41) is 15.3. The molecule has 3 aromatic carbocycles. The summed E-state index contributed by atoms with van der Waals surface area (Å²) in [5.74, 6) is -0.215. The number of aryl methyl sites for hydroxylation is 1. The van der Waals surface area contributed by atoms with Crippen molar-refractivity contribution in [3.63, 3.8) is 0 Å². The number of unbranched alkanes of at least 4 members (excludes halogenated alkanes) is 2. The Kier molecular flexibility index (Phi) is 11.7. The second-order valence-corrected chi connectivity index (χ2v) is 13.8. The molecule has 3 heterocycles. The van der Waals surface area contributed by atoms with Crippen molar-refractivity contribution in [3.05, 3.63) is 113 Å². The topological polar surface area (TPSA) is 85.2 Å². The van der Waals surface area contributed by atoms with E-state index < -0.39 is 0 Å². The van der Waals surface area contributed by atoms with Crippen LogP contribution in [0.15, 0.2) is 78.9 Å². The Morgan fingerprint density at radius 2 is 1.54 bits per heavy atom. The van der Waals surface area contributed by atoms with E-state index in [4.69, 9.17) is 5.10 Å². The van der Waals surface area contributed by atoms with Crippen molar-refractivity contribution in [1.82, 2.24) is 24.5 Å². The number of amides is 2. The lowest BCUT2D eigenvalue weighted by Gasteiger charge is -2.38. The maximum Gasteiger partial charge on any atom is 0.274 e. The molecule has 6 rings (SSSR count). The van der Waals surface area contributed by atoms with Crippen molar-refractivity contribution in [2.75, 3.05) is 50.8 Å². The Labute approximate surface area is 297 Å². The first-order valence-electron chi connectivity index (χ1n) is 18.4. The third-order valence-electron chi connectivity index (χ3n) is 10.2. The van der Waals surface area contributed by atoms with Crippen LogP contribution in [0.5, 0.6) is 0 Å². The van der Waals surface area contributed by atoms with Gasteiger partial charge in [-0.1, -0.05) is 81.3 Å². The molecular weight excluding hydrogens is 624 g/mol. The van der Waals surface area contributed by atoms with Gasteiger partial charge in [0.05, 0.1) is 23.9 Å². The Bertz CT molecular complexity index is 1740. The molecule has 1 N–H and O–H groups in total. The molecule has 9 nitrogen and oxygen atoms in total. The molecule has 0 bridgehead atoms. The van der Waals surface area contributed by atoms with Gasteiger partial charge in [-0.25, -0.2) is 4.68 Å². The average molecular weight is 677 g/mol. The molecule has 0 spiro atoms. The fraction of sp³-hybridized carbons (Fsp3) is 0.439. The summed E-state index contributed by atoms with van der Waals surface area (Å²) in [4.78, 5) is 37.0. The largest absolute Gasteiger partial charge is 0.394 e. The van der Waals surface area contributed by atoms with E-state index in [-0.39, 0.29) is 24.5 Å². The molecule has 9 heteroatoms. The molecule has 1 atom stereocenters. The molecule has 0 unspecified atom stereocenters. The SMILES string of the molecule is CCCCN(CCCC)C(=O)c1cc(C)n(-c2ccc(N3CCN(Cc4ccccc4)CC3)cc2C(=O)N2Cc3ccccc3C[C@H]2CO)n1. The number of hydrogen-bond acceptors (Lipinski definition) is 6. The van der Waals surface area contributed by atoms with Gasteiger partial charge in [-0.15, -0.1) is 0 Å². The third kappa shape index (κ3) is 7.95. The zero-order valence-electron chi connectivity index (χ0n) is 29.9. The van der Waals surface area contributed by atoms with E-state index in [0.29, 0.717) is 43.0 Å². The standard InChI is InChI=1S/C41H52N6O3/c1-4-6-19-45(20-7-5-2)41(50)38-25-31(3)47(42-38)39-18-17-35(44-23-21-43(22-24-44)28-32-13-9-8-10-14-32)27-37(39)40(49)46-29-34-16-12-11-15-33(34)26-36(46)30-48/h8-18,25,27,36,48H,4-7,19-24,26,28-30H2,1-3H3/t36-/m0/s1. The first-order chi connectivity index (χ1) is 24.4. The lowest BCUT2D eigenvalue weighted by Crippen LogP contribution is -2.47. The van der Waals surface area contributed by atoms with Crippen molar-refractivity contribution < 1.29 is 14.7 Å². The number of fused-ring (bicyclic) bond motifs is 1. The number of carbonyl (C=O) groups excluding carboxylic acids is 2. The van der Waals surface area contributed by atoms with Crippen LogP contribution in [0.4, 0.5) is 5.69 Å². The van der Waals surface area contributed by atoms with Gasteiger partial charge in [-0.2, -0.15) is 5.10 Å². The molecule has 2 amide bonds. The van der Waals surface area contributed by atoms with Crippen LogP contribution in [0.2, 0.25) is 0 Å². The number of rotatable bonds is 13. The van der Waals surface area contributed by atoms with Crippen molar-refractivity contribution in [2.45, 2.75) is 72.0 Å². The van der Waals surface area contributed by atoms with Crippen molar-refractivity contribution in [3.8, 4) is 5.69 Å². The minimum absolute atomic E-state index is 0.0698. The van der Waals surface area contributed by atoms with Gasteiger partial charge in [-0.05, 0) is 67.1 Å². The van der Waals surface area contributed by atoms with Crippen LogP contribution in [0.1, 0.15) is 82.8 Å². The summed E-state index contributed by atoms with van der Waals surface area (Å²) in [7, 11) is 0.